The van der Waals surface area contributed by atoms with Crippen molar-refractivity contribution in [2.75, 3.05) is 0 Å². The molecule has 2 aliphatic carbocycles. The number of hydrogen-bond acceptors (Lipinski definition) is 2. The molecule has 0 radical (unpaired) electrons. The summed E-state index contributed by atoms with van der Waals surface area (Å²) in [5.74, 6) is -0.155. The van der Waals surface area contributed by atoms with E-state index in [1.54, 1.807) is 6.07 Å². The predicted molar refractivity (Wildman–Crippen MR) is 121 cm³/mol. The molecule has 2 aromatic carbocycles. The molecule has 0 heterocycles. The van der Waals surface area contributed by atoms with Crippen molar-refractivity contribution in [3.8, 4) is 11.1 Å². The van der Waals surface area contributed by atoms with Gasteiger partial charge in [-0.05, 0) is 55.0 Å². The van der Waals surface area contributed by atoms with Crippen LogP contribution in [-0.2, 0) is 0 Å². The standard InChI is InChI=1S/C26H32N2O2/c29-25(27-23-12-6-2-7-13-23)21-16-20(19-10-4-1-5-11-19)17-22(18-21)26(30)28-24-14-8-3-9-15-24/h1,4-5,10-11,16-18,23-24H,2-3,6-9,12-15H2,(H,27,29)(H,28,30). The molecule has 0 spiro atoms. The lowest BCUT2D eigenvalue weighted by atomic mass is 9.94. The van der Waals surface area contributed by atoms with Crippen LogP contribution in [0.5, 0.6) is 0 Å². The third-order valence-electron chi connectivity index (χ3n) is 6.45. The van der Waals surface area contributed by atoms with Gasteiger partial charge in [0.05, 0.1) is 0 Å². The molecule has 0 aliphatic heterocycles. The Bertz CT molecular complexity index is 816. The summed E-state index contributed by atoms with van der Waals surface area (Å²) in [6.45, 7) is 0. The van der Waals surface area contributed by atoms with Crippen molar-refractivity contribution < 1.29 is 9.59 Å². The van der Waals surface area contributed by atoms with Crippen LogP contribution in [0.4, 0.5) is 0 Å². The molecule has 30 heavy (non-hydrogen) atoms. The van der Waals surface area contributed by atoms with Gasteiger partial charge in [0, 0.05) is 23.2 Å². The highest BCUT2D eigenvalue weighted by Gasteiger charge is 2.21. The normalized spacial score (nSPS) is 18.0. The molecule has 0 unspecified atom stereocenters. The average molecular weight is 405 g/mol. The van der Waals surface area contributed by atoms with Crippen LogP contribution in [0.25, 0.3) is 11.1 Å². The molecule has 0 atom stereocenters. The van der Waals surface area contributed by atoms with E-state index >= 15 is 0 Å². The number of hydrogen-bond donors (Lipinski definition) is 2. The number of benzene rings is 2. The van der Waals surface area contributed by atoms with Crippen molar-refractivity contribution in [1.29, 1.82) is 0 Å². The molecule has 0 aromatic heterocycles. The van der Waals surface area contributed by atoms with Gasteiger partial charge in [-0.3, -0.25) is 9.59 Å². The molecule has 4 heteroatoms. The molecule has 2 aliphatic rings. The molecule has 0 bridgehead atoms. The quantitative estimate of drug-likeness (QED) is 0.693. The molecule has 0 saturated heterocycles. The first-order valence-corrected chi connectivity index (χ1v) is 11.5. The first kappa shape index (κ1) is 20.6. The second kappa shape index (κ2) is 9.92. The summed E-state index contributed by atoms with van der Waals surface area (Å²) in [7, 11) is 0. The van der Waals surface area contributed by atoms with Crippen molar-refractivity contribution in [1.82, 2.24) is 10.6 Å². The molecular weight excluding hydrogens is 372 g/mol. The van der Waals surface area contributed by atoms with Gasteiger partial charge in [0.1, 0.15) is 0 Å². The Morgan fingerprint density at radius 2 is 1.07 bits per heavy atom. The molecular formula is C26H32N2O2. The Morgan fingerprint density at radius 1 is 0.600 bits per heavy atom. The van der Waals surface area contributed by atoms with Gasteiger partial charge in [0.2, 0.25) is 0 Å². The van der Waals surface area contributed by atoms with Gasteiger partial charge in [-0.2, -0.15) is 0 Å². The topological polar surface area (TPSA) is 58.2 Å². The number of amides is 2. The van der Waals surface area contributed by atoms with Crippen LogP contribution >= 0.6 is 0 Å². The molecule has 2 aromatic rings. The Balaban J connectivity index is 1.59. The van der Waals surface area contributed by atoms with Crippen LogP contribution in [0.3, 0.4) is 0 Å². The van der Waals surface area contributed by atoms with Gasteiger partial charge in [0.25, 0.3) is 11.8 Å². The van der Waals surface area contributed by atoms with Crippen LogP contribution < -0.4 is 10.6 Å². The fourth-order valence-electron chi connectivity index (χ4n) is 4.72. The van der Waals surface area contributed by atoms with E-state index in [2.05, 4.69) is 10.6 Å². The summed E-state index contributed by atoms with van der Waals surface area (Å²) in [6.07, 6.45) is 11.3. The SMILES string of the molecule is O=C(NC1CCCCC1)c1cc(C(=O)NC2CCCCC2)cc(-c2ccccc2)c1. The summed E-state index contributed by atoms with van der Waals surface area (Å²) in [5.41, 5.74) is 3.05. The van der Waals surface area contributed by atoms with Gasteiger partial charge < -0.3 is 10.6 Å². The highest BCUT2D eigenvalue weighted by molar-refractivity contribution is 6.01. The van der Waals surface area contributed by atoms with Crippen molar-refractivity contribution in [3.05, 3.63) is 59.7 Å². The van der Waals surface area contributed by atoms with Crippen LogP contribution in [0, 0.1) is 0 Å². The van der Waals surface area contributed by atoms with Gasteiger partial charge in [-0.15, -0.1) is 0 Å². The van der Waals surface area contributed by atoms with E-state index in [1.165, 1.54) is 38.5 Å². The molecule has 4 nitrogen and oxygen atoms in total. The summed E-state index contributed by atoms with van der Waals surface area (Å²) < 4.78 is 0. The van der Waals surface area contributed by atoms with Crippen LogP contribution in [0.2, 0.25) is 0 Å². The van der Waals surface area contributed by atoms with Crippen LogP contribution in [0.15, 0.2) is 48.5 Å². The minimum Gasteiger partial charge on any atom is -0.349 e. The Morgan fingerprint density at radius 3 is 1.53 bits per heavy atom. The highest BCUT2D eigenvalue weighted by Crippen LogP contribution is 2.24. The summed E-state index contributed by atoms with van der Waals surface area (Å²) in [4.78, 5) is 26.0. The van der Waals surface area contributed by atoms with Crippen molar-refractivity contribution in [3.63, 3.8) is 0 Å². The van der Waals surface area contributed by atoms with Crippen molar-refractivity contribution >= 4 is 11.8 Å². The molecule has 2 saturated carbocycles. The highest BCUT2D eigenvalue weighted by atomic mass is 16.2. The van der Waals surface area contributed by atoms with Gasteiger partial charge in [-0.1, -0.05) is 68.9 Å². The fourth-order valence-corrected chi connectivity index (χ4v) is 4.72. The number of rotatable bonds is 5. The molecule has 2 fully saturated rings. The molecule has 2 amide bonds. The van der Waals surface area contributed by atoms with Crippen LogP contribution in [0.1, 0.15) is 84.9 Å². The van der Waals surface area contributed by atoms with E-state index in [0.29, 0.717) is 11.1 Å². The van der Waals surface area contributed by atoms with E-state index in [-0.39, 0.29) is 23.9 Å². The fraction of sp³-hybridized carbons (Fsp3) is 0.462. The lowest BCUT2D eigenvalue weighted by Crippen LogP contribution is -2.37. The second-order valence-electron chi connectivity index (χ2n) is 8.78. The first-order valence-electron chi connectivity index (χ1n) is 11.5. The lowest BCUT2D eigenvalue weighted by molar-refractivity contribution is 0.0927. The zero-order valence-electron chi connectivity index (χ0n) is 17.7. The predicted octanol–water partition coefficient (Wildman–Crippen LogP) is 5.48. The zero-order valence-corrected chi connectivity index (χ0v) is 17.7. The van der Waals surface area contributed by atoms with Gasteiger partial charge >= 0.3 is 0 Å². The third kappa shape index (κ3) is 5.29. The maximum Gasteiger partial charge on any atom is 0.251 e. The zero-order chi connectivity index (χ0) is 20.8. The van der Waals surface area contributed by atoms with Crippen molar-refractivity contribution in [2.45, 2.75) is 76.3 Å². The largest absolute Gasteiger partial charge is 0.349 e. The van der Waals surface area contributed by atoms with Gasteiger partial charge in [0.15, 0.2) is 0 Å². The molecule has 4 rings (SSSR count). The van der Waals surface area contributed by atoms with E-state index in [9.17, 15) is 9.59 Å². The Hall–Kier alpha value is -2.62. The minimum atomic E-state index is -0.0774. The number of carbonyl (C=O) groups is 2. The summed E-state index contributed by atoms with van der Waals surface area (Å²) in [5, 5.41) is 6.38. The van der Waals surface area contributed by atoms with E-state index < -0.39 is 0 Å². The smallest absolute Gasteiger partial charge is 0.251 e. The molecule has 2 N–H and O–H groups in total. The van der Waals surface area contributed by atoms with Crippen LogP contribution in [-0.4, -0.2) is 23.9 Å². The minimum absolute atomic E-state index is 0.0774. The van der Waals surface area contributed by atoms with Crippen molar-refractivity contribution in [2.24, 2.45) is 0 Å². The summed E-state index contributed by atoms with van der Waals surface area (Å²) >= 11 is 0. The lowest BCUT2D eigenvalue weighted by Gasteiger charge is -2.24. The first-order chi connectivity index (χ1) is 14.7. The second-order valence-corrected chi connectivity index (χ2v) is 8.78. The average Bonchev–Trinajstić information content (AvgIpc) is 2.80. The maximum atomic E-state index is 13.0. The van der Waals surface area contributed by atoms with Gasteiger partial charge in [-0.25, -0.2) is 0 Å². The Labute approximate surface area is 179 Å². The Kier molecular flexibility index (Phi) is 6.83. The molecule has 158 valence electrons. The number of nitrogens with one attached hydrogen (secondary N) is 2. The summed E-state index contributed by atoms with van der Waals surface area (Å²) in [6, 6.07) is 16.0. The van der Waals surface area contributed by atoms with E-state index in [4.69, 9.17) is 0 Å². The van der Waals surface area contributed by atoms with E-state index in [1.807, 2.05) is 42.5 Å². The van der Waals surface area contributed by atoms with E-state index in [0.717, 1.165) is 36.8 Å². The third-order valence-corrected chi connectivity index (χ3v) is 6.45. The monoisotopic (exact) mass is 404 g/mol. The number of carbonyl (C=O) groups excluding carboxylic acids is 2. The maximum absolute atomic E-state index is 13.0.